The second kappa shape index (κ2) is 8.48. The first-order valence-corrected chi connectivity index (χ1v) is 7.31. The highest BCUT2D eigenvalue weighted by Crippen LogP contribution is 2.22. The molecule has 0 atom stereocenters. The number of hydrogen-bond donors (Lipinski definition) is 2. The molecule has 0 aliphatic rings. The van der Waals surface area contributed by atoms with Crippen molar-refractivity contribution in [3.63, 3.8) is 0 Å². The molecule has 3 N–H and O–H groups in total. The van der Waals surface area contributed by atoms with Gasteiger partial charge in [0.05, 0.1) is 11.5 Å². The van der Waals surface area contributed by atoms with Crippen molar-refractivity contribution in [3.05, 3.63) is 0 Å². The molecule has 0 heterocycles. The fourth-order valence-electron chi connectivity index (χ4n) is 1.61. The van der Waals surface area contributed by atoms with Gasteiger partial charge in [-0.2, -0.15) is 0 Å². The van der Waals surface area contributed by atoms with Crippen LogP contribution in [0.3, 0.4) is 0 Å². The fraction of sp³-hybridized carbons (Fsp3) is 0.857. The highest BCUT2D eigenvalue weighted by molar-refractivity contribution is 7.80. The van der Waals surface area contributed by atoms with Gasteiger partial charge in [0.1, 0.15) is 0 Å². The van der Waals surface area contributed by atoms with Crippen LogP contribution in [0, 0.1) is 11.3 Å². The molecule has 112 valence electrons. The molecule has 0 aromatic carbocycles. The molecule has 0 saturated heterocycles. The summed E-state index contributed by atoms with van der Waals surface area (Å²) in [4.78, 5) is 14.2. The van der Waals surface area contributed by atoms with Crippen LogP contribution in [-0.2, 0) is 4.79 Å². The zero-order valence-corrected chi connectivity index (χ0v) is 13.8. The van der Waals surface area contributed by atoms with E-state index in [4.69, 9.17) is 18.0 Å². The van der Waals surface area contributed by atoms with Gasteiger partial charge in [-0.25, -0.2) is 0 Å². The third-order valence-corrected chi connectivity index (χ3v) is 3.68. The van der Waals surface area contributed by atoms with Crippen LogP contribution in [0.4, 0.5) is 0 Å². The Hall–Kier alpha value is -0.680. The van der Waals surface area contributed by atoms with Crippen LogP contribution in [-0.4, -0.2) is 42.5 Å². The molecular weight excluding hydrogens is 258 g/mol. The number of hydrogen-bond acceptors (Lipinski definition) is 3. The monoisotopic (exact) mass is 287 g/mol. The van der Waals surface area contributed by atoms with E-state index in [-0.39, 0.29) is 11.3 Å². The molecule has 0 aromatic rings. The van der Waals surface area contributed by atoms with E-state index in [0.29, 0.717) is 17.5 Å². The first-order chi connectivity index (χ1) is 8.65. The summed E-state index contributed by atoms with van der Waals surface area (Å²) in [6, 6.07) is 0. The van der Waals surface area contributed by atoms with Gasteiger partial charge in [0.15, 0.2) is 0 Å². The van der Waals surface area contributed by atoms with E-state index in [2.05, 4.69) is 33.0 Å². The van der Waals surface area contributed by atoms with Crippen molar-refractivity contribution in [2.45, 2.75) is 40.5 Å². The van der Waals surface area contributed by atoms with Crippen molar-refractivity contribution in [1.82, 2.24) is 10.2 Å². The summed E-state index contributed by atoms with van der Waals surface area (Å²) in [6.45, 7) is 10.3. The van der Waals surface area contributed by atoms with E-state index in [1.807, 2.05) is 11.9 Å². The molecule has 0 rings (SSSR count). The van der Waals surface area contributed by atoms with E-state index in [1.165, 1.54) is 0 Å². The van der Waals surface area contributed by atoms with Gasteiger partial charge < -0.3 is 11.1 Å². The highest BCUT2D eigenvalue weighted by atomic mass is 32.1. The molecule has 4 nitrogen and oxygen atoms in total. The lowest BCUT2D eigenvalue weighted by Gasteiger charge is -2.24. The summed E-state index contributed by atoms with van der Waals surface area (Å²) in [5, 5.41) is 2.92. The maximum Gasteiger partial charge on any atom is 0.234 e. The smallest absolute Gasteiger partial charge is 0.234 e. The maximum absolute atomic E-state index is 11.6. The molecule has 0 aliphatic carbocycles. The zero-order chi connectivity index (χ0) is 15.1. The Morgan fingerprint density at radius 3 is 2.47 bits per heavy atom. The van der Waals surface area contributed by atoms with Crippen molar-refractivity contribution in [3.8, 4) is 0 Å². The largest absolute Gasteiger partial charge is 0.393 e. The lowest BCUT2D eigenvalue weighted by Crippen LogP contribution is -2.37. The molecule has 1 amide bonds. The van der Waals surface area contributed by atoms with Gasteiger partial charge in [-0.1, -0.05) is 39.9 Å². The number of likely N-dealkylation sites (N-methyl/N-ethyl adjacent to an activating group) is 1. The molecule has 19 heavy (non-hydrogen) atoms. The van der Waals surface area contributed by atoms with Gasteiger partial charge in [0, 0.05) is 12.0 Å². The van der Waals surface area contributed by atoms with Crippen LogP contribution in [0.15, 0.2) is 0 Å². The minimum atomic E-state index is -0.101. The number of rotatable bonds is 9. The van der Waals surface area contributed by atoms with Gasteiger partial charge in [-0.3, -0.25) is 9.69 Å². The van der Waals surface area contributed by atoms with E-state index in [0.717, 1.165) is 25.9 Å². The number of thiocarbonyl (C=S) groups is 1. The second-order valence-corrected chi connectivity index (χ2v) is 6.73. The minimum absolute atomic E-state index is 0.0878. The Morgan fingerprint density at radius 1 is 1.42 bits per heavy atom. The Morgan fingerprint density at radius 2 is 2.00 bits per heavy atom. The summed E-state index contributed by atoms with van der Waals surface area (Å²) in [6.07, 6.45) is 1.93. The lowest BCUT2D eigenvalue weighted by molar-refractivity contribution is -0.122. The minimum Gasteiger partial charge on any atom is -0.393 e. The Labute approximate surface area is 123 Å². The molecule has 0 radical (unpaired) electrons. The number of carbonyl (C=O) groups excluding carboxylic acids is 1. The summed E-state index contributed by atoms with van der Waals surface area (Å²) >= 11 is 5.04. The average molecular weight is 287 g/mol. The van der Waals surface area contributed by atoms with Gasteiger partial charge in [-0.15, -0.1) is 0 Å². The number of nitrogens with one attached hydrogen (secondary N) is 1. The van der Waals surface area contributed by atoms with Crippen molar-refractivity contribution in [2.24, 2.45) is 17.1 Å². The molecular formula is C14H29N3OS. The number of amides is 1. The quantitative estimate of drug-likeness (QED) is 0.635. The third-order valence-electron chi connectivity index (χ3n) is 3.13. The summed E-state index contributed by atoms with van der Waals surface area (Å²) in [5.74, 6) is 0.574. The van der Waals surface area contributed by atoms with E-state index >= 15 is 0 Å². The van der Waals surface area contributed by atoms with Crippen LogP contribution < -0.4 is 11.1 Å². The third kappa shape index (κ3) is 8.94. The van der Waals surface area contributed by atoms with Crippen molar-refractivity contribution in [1.29, 1.82) is 0 Å². The lowest BCUT2D eigenvalue weighted by atomic mass is 9.88. The Balaban J connectivity index is 3.84. The van der Waals surface area contributed by atoms with Crippen LogP contribution in [0.2, 0.25) is 0 Å². The molecule has 0 fully saturated rings. The number of carbonyl (C=O) groups is 1. The van der Waals surface area contributed by atoms with Crippen LogP contribution in [0.5, 0.6) is 0 Å². The SMILES string of the molecule is CC(C)CNC(=O)CN(C)CCCC(C)(C)C(N)=S. The number of nitrogens with two attached hydrogens (primary N) is 1. The van der Waals surface area contributed by atoms with E-state index < -0.39 is 0 Å². The Bertz CT molecular complexity index is 303. The molecule has 0 spiro atoms. The van der Waals surface area contributed by atoms with Crippen LogP contribution >= 0.6 is 12.2 Å². The van der Waals surface area contributed by atoms with E-state index in [9.17, 15) is 4.79 Å². The van der Waals surface area contributed by atoms with Crippen LogP contribution in [0.1, 0.15) is 40.5 Å². The van der Waals surface area contributed by atoms with Gasteiger partial charge in [0.25, 0.3) is 0 Å². The molecule has 0 aromatic heterocycles. The van der Waals surface area contributed by atoms with Crippen molar-refractivity contribution in [2.75, 3.05) is 26.7 Å². The van der Waals surface area contributed by atoms with Crippen molar-refractivity contribution >= 4 is 23.1 Å². The predicted molar refractivity (Wildman–Crippen MR) is 85.1 cm³/mol. The second-order valence-electron chi connectivity index (χ2n) is 6.29. The Kier molecular flexibility index (Phi) is 8.18. The van der Waals surface area contributed by atoms with Gasteiger partial charge in [-0.05, 0) is 32.4 Å². The topological polar surface area (TPSA) is 58.4 Å². The highest BCUT2D eigenvalue weighted by Gasteiger charge is 2.20. The molecule has 5 heteroatoms. The first-order valence-electron chi connectivity index (χ1n) is 6.90. The zero-order valence-electron chi connectivity index (χ0n) is 13.0. The van der Waals surface area contributed by atoms with E-state index in [1.54, 1.807) is 0 Å². The van der Waals surface area contributed by atoms with Crippen molar-refractivity contribution < 1.29 is 4.79 Å². The van der Waals surface area contributed by atoms with Gasteiger partial charge in [0.2, 0.25) is 5.91 Å². The summed E-state index contributed by atoms with van der Waals surface area (Å²) < 4.78 is 0. The number of nitrogens with zero attached hydrogens (tertiary/aromatic N) is 1. The fourth-order valence-corrected chi connectivity index (χ4v) is 1.71. The average Bonchev–Trinajstić information content (AvgIpc) is 2.25. The van der Waals surface area contributed by atoms with Gasteiger partial charge >= 0.3 is 0 Å². The van der Waals surface area contributed by atoms with Crippen LogP contribution in [0.25, 0.3) is 0 Å². The molecule has 0 aliphatic heterocycles. The first kappa shape index (κ1) is 18.3. The standard InChI is InChI=1S/C14H29N3OS/c1-11(2)9-16-12(18)10-17(5)8-6-7-14(3,4)13(15)19/h11H,6-10H2,1-5H3,(H2,15,19)(H,16,18). The molecule has 0 unspecified atom stereocenters. The summed E-state index contributed by atoms with van der Waals surface area (Å²) in [5.41, 5.74) is 5.59. The predicted octanol–water partition coefficient (Wildman–Crippen LogP) is 1.78. The molecule has 0 saturated carbocycles. The molecule has 0 bridgehead atoms. The summed E-state index contributed by atoms with van der Waals surface area (Å²) in [7, 11) is 1.96. The maximum atomic E-state index is 11.6. The normalized spacial score (nSPS) is 11.9.